The van der Waals surface area contributed by atoms with Gasteiger partial charge in [-0.3, -0.25) is 4.79 Å². The zero-order valence-corrected chi connectivity index (χ0v) is 11.6. The van der Waals surface area contributed by atoms with E-state index in [1.807, 2.05) is 0 Å². The van der Waals surface area contributed by atoms with Crippen LogP contribution >= 0.6 is 0 Å². The first-order valence-electron chi connectivity index (χ1n) is 6.82. The van der Waals surface area contributed by atoms with E-state index < -0.39 is 0 Å². The van der Waals surface area contributed by atoms with Crippen molar-refractivity contribution in [3.8, 4) is 5.75 Å². The first-order valence-corrected chi connectivity index (χ1v) is 6.82. The molecule has 3 N–H and O–H groups in total. The van der Waals surface area contributed by atoms with Gasteiger partial charge in [0.2, 0.25) is 0 Å². The Morgan fingerprint density at radius 3 is 2.84 bits per heavy atom. The molecular formula is C15H22N2O2. The highest BCUT2D eigenvalue weighted by Gasteiger charge is 2.22. The van der Waals surface area contributed by atoms with Crippen LogP contribution in [0.5, 0.6) is 5.75 Å². The second-order valence-corrected chi connectivity index (χ2v) is 5.45. The number of ether oxygens (including phenoxy) is 1. The Morgan fingerprint density at radius 1 is 1.47 bits per heavy atom. The van der Waals surface area contributed by atoms with Crippen LogP contribution in [-0.4, -0.2) is 19.6 Å². The zero-order chi connectivity index (χ0) is 13.8. The number of carbonyl (C=O) groups is 1. The van der Waals surface area contributed by atoms with Crippen LogP contribution in [0.1, 0.15) is 36.5 Å². The van der Waals surface area contributed by atoms with Crippen LogP contribution in [0.15, 0.2) is 18.2 Å². The molecule has 1 fully saturated rings. The van der Waals surface area contributed by atoms with E-state index in [0.29, 0.717) is 22.9 Å². The van der Waals surface area contributed by atoms with Crippen molar-refractivity contribution in [2.45, 2.75) is 26.2 Å². The van der Waals surface area contributed by atoms with Gasteiger partial charge in [-0.15, -0.1) is 0 Å². The average molecular weight is 262 g/mol. The molecule has 4 heteroatoms. The summed E-state index contributed by atoms with van der Waals surface area (Å²) in [5.74, 6) is 1.96. The Morgan fingerprint density at radius 2 is 2.26 bits per heavy atom. The highest BCUT2D eigenvalue weighted by molar-refractivity contribution is 5.99. The molecule has 2 atom stereocenters. The lowest BCUT2D eigenvalue weighted by molar-refractivity contribution is 0.0948. The number of nitrogens with two attached hydrogens (primary N) is 1. The zero-order valence-electron chi connectivity index (χ0n) is 11.6. The van der Waals surface area contributed by atoms with Gasteiger partial charge in [0.05, 0.1) is 12.7 Å². The molecular weight excluding hydrogens is 240 g/mol. The fraction of sp³-hybridized carbons (Fsp3) is 0.533. The average Bonchev–Trinajstić information content (AvgIpc) is 2.81. The second-order valence-electron chi connectivity index (χ2n) is 5.45. The van der Waals surface area contributed by atoms with E-state index in [4.69, 9.17) is 10.5 Å². The third-order valence-electron chi connectivity index (χ3n) is 3.86. The molecule has 1 saturated carbocycles. The van der Waals surface area contributed by atoms with Gasteiger partial charge in [0.25, 0.3) is 5.91 Å². The van der Waals surface area contributed by atoms with Gasteiger partial charge >= 0.3 is 0 Å². The minimum absolute atomic E-state index is 0.0975. The van der Waals surface area contributed by atoms with E-state index in [2.05, 4.69) is 12.2 Å². The number of hydrogen-bond donors (Lipinski definition) is 2. The number of anilines is 1. The van der Waals surface area contributed by atoms with Crippen molar-refractivity contribution >= 4 is 11.6 Å². The largest absolute Gasteiger partial charge is 0.497 e. The fourth-order valence-electron chi connectivity index (χ4n) is 2.72. The predicted octanol–water partition coefficient (Wildman–Crippen LogP) is 2.44. The summed E-state index contributed by atoms with van der Waals surface area (Å²) >= 11 is 0. The number of hydrogen-bond acceptors (Lipinski definition) is 3. The summed E-state index contributed by atoms with van der Waals surface area (Å²) in [4.78, 5) is 12.1. The summed E-state index contributed by atoms with van der Waals surface area (Å²) in [7, 11) is 1.58. The van der Waals surface area contributed by atoms with Crippen molar-refractivity contribution in [1.29, 1.82) is 0 Å². The van der Waals surface area contributed by atoms with Crippen molar-refractivity contribution in [3.05, 3.63) is 23.8 Å². The quantitative estimate of drug-likeness (QED) is 0.819. The molecule has 0 spiro atoms. The number of amides is 1. The van der Waals surface area contributed by atoms with Crippen molar-refractivity contribution < 1.29 is 9.53 Å². The molecule has 1 aliphatic rings. The van der Waals surface area contributed by atoms with E-state index >= 15 is 0 Å². The maximum atomic E-state index is 12.1. The van der Waals surface area contributed by atoms with E-state index in [9.17, 15) is 4.79 Å². The molecule has 4 nitrogen and oxygen atoms in total. The highest BCUT2D eigenvalue weighted by Crippen LogP contribution is 2.29. The SMILES string of the molecule is COc1ccc(C(=O)NCC2CCC(C)C2)c(N)c1. The summed E-state index contributed by atoms with van der Waals surface area (Å²) in [6, 6.07) is 5.14. The standard InChI is InChI=1S/C15H22N2O2/c1-10-3-4-11(7-10)9-17-15(18)13-6-5-12(19-2)8-14(13)16/h5-6,8,10-11H,3-4,7,9,16H2,1-2H3,(H,17,18). The summed E-state index contributed by atoms with van der Waals surface area (Å²) in [6.07, 6.45) is 3.68. The minimum Gasteiger partial charge on any atom is -0.497 e. The Kier molecular flexibility index (Phi) is 4.30. The van der Waals surface area contributed by atoms with Gasteiger partial charge in [-0.25, -0.2) is 0 Å². The number of rotatable bonds is 4. The molecule has 1 aromatic carbocycles. The smallest absolute Gasteiger partial charge is 0.253 e. The molecule has 0 bridgehead atoms. The third-order valence-corrected chi connectivity index (χ3v) is 3.86. The minimum atomic E-state index is -0.0975. The topological polar surface area (TPSA) is 64.3 Å². The summed E-state index contributed by atoms with van der Waals surface area (Å²) in [5, 5.41) is 2.98. The Bertz CT molecular complexity index is 459. The molecule has 0 saturated heterocycles. The number of benzene rings is 1. The molecule has 0 radical (unpaired) electrons. The van der Waals surface area contributed by atoms with Crippen LogP contribution in [-0.2, 0) is 0 Å². The molecule has 104 valence electrons. The van der Waals surface area contributed by atoms with E-state index in [1.54, 1.807) is 25.3 Å². The van der Waals surface area contributed by atoms with Gasteiger partial charge in [0.15, 0.2) is 0 Å². The number of methoxy groups -OCH3 is 1. The lowest BCUT2D eigenvalue weighted by Gasteiger charge is -2.12. The van der Waals surface area contributed by atoms with Crippen molar-refractivity contribution in [1.82, 2.24) is 5.32 Å². The predicted molar refractivity (Wildman–Crippen MR) is 76.2 cm³/mol. The fourth-order valence-corrected chi connectivity index (χ4v) is 2.72. The number of carbonyl (C=O) groups excluding carboxylic acids is 1. The van der Waals surface area contributed by atoms with Crippen molar-refractivity contribution in [2.24, 2.45) is 11.8 Å². The first-order chi connectivity index (χ1) is 9.10. The molecule has 1 amide bonds. The number of nitrogen functional groups attached to an aromatic ring is 1. The molecule has 19 heavy (non-hydrogen) atoms. The van der Waals surface area contributed by atoms with Crippen LogP contribution in [0.25, 0.3) is 0 Å². The maximum Gasteiger partial charge on any atom is 0.253 e. The van der Waals surface area contributed by atoms with Gasteiger partial charge in [0.1, 0.15) is 5.75 Å². The van der Waals surface area contributed by atoms with E-state index in [-0.39, 0.29) is 5.91 Å². The molecule has 0 heterocycles. The Hall–Kier alpha value is -1.71. The lowest BCUT2D eigenvalue weighted by Crippen LogP contribution is -2.29. The Labute approximate surface area is 114 Å². The summed E-state index contributed by atoms with van der Waals surface area (Å²) in [6.45, 7) is 3.01. The molecule has 1 aliphatic carbocycles. The van der Waals surface area contributed by atoms with Gasteiger partial charge in [-0.05, 0) is 36.8 Å². The number of nitrogens with one attached hydrogen (secondary N) is 1. The molecule has 0 aliphatic heterocycles. The summed E-state index contributed by atoms with van der Waals surface area (Å²) < 4.78 is 5.07. The summed E-state index contributed by atoms with van der Waals surface area (Å²) in [5.41, 5.74) is 6.84. The lowest BCUT2D eigenvalue weighted by atomic mass is 10.1. The Balaban J connectivity index is 1.92. The van der Waals surface area contributed by atoms with Crippen molar-refractivity contribution in [2.75, 3.05) is 19.4 Å². The molecule has 2 unspecified atom stereocenters. The first kappa shape index (κ1) is 13.7. The third kappa shape index (κ3) is 3.40. The van der Waals surface area contributed by atoms with Gasteiger partial charge in [-0.2, -0.15) is 0 Å². The van der Waals surface area contributed by atoms with E-state index in [0.717, 1.165) is 12.5 Å². The van der Waals surface area contributed by atoms with Crippen molar-refractivity contribution in [3.63, 3.8) is 0 Å². The van der Waals surface area contributed by atoms with Gasteiger partial charge in [-0.1, -0.05) is 13.3 Å². The van der Waals surface area contributed by atoms with E-state index in [1.165, 1.54) is 19.3 Å². The van der Waals surface area contributed by atoms with Crippen LogP contribution in [0.3, 0.4) is 0 Å². The second kappa shape index (κ2) is 5.95. The van der Waals surface area contributed by atoms with Gasteiger partial charge < -0.3 is 15.8 Å². The van der Waals surface area contributed by atoms with Crippen LogP contribution in [0.2, 0.25) is 0 Å². The molecule has 0 aromatic heterocycles. The highest BCUT2D eigenvalue weighted by atomic mass is 16.5. The normalized spacial score (nSPS) is 22.2. The van der Waals surface area contributed by atoms with Crippen LogP contribution in [0.4, 0.5) is 5.69 Å². The van der Waals surface area contributed by atoms with Crippen LogP contribution < -0.4 is 15.8 Å². The molecule has 1 aromatic rings. The maximum absolute atomic E-state index is 12.1. The van der Waals surface area contributed by atoms with Gasteiger partial charge in [0, 0.05) is 18.3 Å². The monoisotopic (exact) mass is 262 g/mol. The molecule has 2 rings (SSSR count). The van der Waals surface area contributed by atoms with Crippen LogP contribution in [0, 0.1) is 11.8 Å².